The quantitative estimate of drug-likeness (QED) is 0.716. The van der Waals surface area contributed by atoms with Crippen molar-refractivity contribution in [3.63, 3.8) is 0 Å². The molecular weight excluding hydrogens is 431 g/mol. The maximum atomic E-state index is 14.9. The number of benzene rings is 1. The maximum Gasteiger partial charge on any atom is 0.414 e. The predicted molar refractivity (Wildman–Crippen MR) is 119 cm³/mol. The first-order valence-electron chi connectivity index (χ1n) is 10.4. The Morgan fingerprint density at radius 2 is 2.06 bits per heavy atom. The number of hydrogen-bond donors (Lipinski definition) is 1. The number of ether oxygens (including phenoxy) is 1. The van der Waals surface area contributed by atoms with E-state index in [0.717, 1.165) is 0 Å². The molecule has 1 saturated heterocycles. The van der Waals surface area contributed by atoms with E-state index in [1.54, 1.807) is 29.3 Å². The van der Waals surface area contributed by atoms with Gasteiger partial charge in [-0.05, 0) is 43.7 Å². The third kappa shape index (κ3) is 4.92. The van der Waals surface area contributed by atoms with E-state index in [0.29, 0.717) is 48.6 Å². The van der Waals surface area contributed by atoms with Gasteiger partial charge >= 0.3 is 12.1 Å². The summed E-state index contributed by atoms with van der Waals surface area (Å²) in [6.07, 6.45) is 2.69. The normalized spacial score (nSPS) is 17.9. The van der Waals surface area contributed by atoms with E-state index < -0.39 is 24.0 Å². The molecule has 1 fully saturated rings. The van der Waals surface area contributed by atoms with Crippen LogP contribution in [0.2, 0.25) is 0 Å². The summed E-state index contributed by atoms with van der Waals surface area (Å²) in [5.41, 5.74) is 6.51. The van der Waals surface area contributed by atoms with Gasteiger partial charge in [0.15, 0.2) is 0 Å². The number of primary amides is 1. The van der Waals surface area contributed by atoms with Crippen molar-refractivity contribution in [2.24, 2.45) is 10.8 Å². The lowest BCUT2D eigenvalue weighted by molar-refractivity contribution is -0.117. The van der Waals surface area contributed by atoms with Gasteiger partial charge < -0.3 is 15.3 Å². The monoisotopic (exact) mass is 454 g/mol. The van der Waals surface area contributed by atoms with E-state index in [2.05, 4.69) is 10.1 Å². The molecule has 1 atom stereocenters. The fourth-order valence-corrected chi connectivity index (χ4v) is 3.63. The van der Waals surface area contributed by atoms with Crippen molar-refractivity contribution >= 4 is 35.8 Å². The van der Waals surface area contributed by atoms with Gasteiger partial charge in [0, 0.05) is 30.3 Å². The van der Waals surface area contributed by atoms with Crippen LogP contribution in [-0.4, -0.2) is 59.9 Å². The molecule has 2 aromatic rings. The highest BCUT2D eigenvalue weighted by Gasteiger charge is 2.32. The first-order chi connectivity index (χ1) is 15.8. The number of amides is 3. The molecule has 3 heterocycles. The van der Waals surface area contributed by atoms with Crippen LogP contribution in [0.4, 0.5) is 25.5 Å². The Hall–Kier alpha value is -4.02. The van der Waals surface area contributed by atoms with Crippen LogP contribution in [0.3, 0.4) is 0 Å². The van der Waals surface area contributed by atoms with Gasteiger partial charge in [0.05, 0.1) is 18.8 Å². The predicted octanol–water partition coefficient (Wildman–Crippen LogP) is 2.73. The number of hydrazone groups is 1. The molecule has 33 heavy (non-hydrogen) atoms. The van der Waals surface area contributed by atoms with Crippen LogP contribution in [-0.2, 0) is 9.53 Å². The Morgan fingerprint density at radius 3 is 2.67 bits per heavy atom. The number of aromatic nitrogens is 1. The van der Waals surface area contributed by atoms with E-state index in [-0.39, 0.29) is 12.3 Å². The number of carbonyl (C=O) groups is 3. The number of carbonyl (C=O) groups excluding carboxylic acids is 3. The largest absolute Gasteiger partial charge is 0.444 e. The van der Waals surface area contributed by atoms with Crippen molar-refractivity contribution in [2.45, 2.75) is 25.9 Å². The zero-order chi connectivity index (χ0) is 23.5. The van der Waals surface area contributed by atoms with Gasteiger partial charge in [-0.1, -0.05) is 0 Å². The van der Waals surface area contributed by atoms with Crippen LogP contribution in [0.25, 0.3) is 11.1 Å². The molecule has 2 N–H and O–H groups in total. The van der Waals surface area contributed by atoms with Gasteiger partial charge in [-0.15, -0.1) is 0 Å². The summed E-state index contributed by atoms with van der Waals surface area (Å²) in [7, 11) is 0. The third-order valence-electron chi connectivity index (χ3n) is 5.45. The summed E-state index contributed by atoms with van der Waals surface area (Å²) in [6, 6.07) is 7.37. The molecular formula is C22H23FN6O4. The van der Waals surface area contributed by atoms with Gasteiger partial charge in [-0.25, -0.2) is 24.0 Å². The molecule has 1 aromatic carbocycles. The number of nitrogens with zero attached hydrogens (tertiary/aromatic N) is 5. The van der Waals surface area contributed by atoms with Crippen molar-refractivity contribution in [1.29, 1.82) is 0 Å². The number of anilines is 2. The van der Waals surface area contributed by atoms with E-state index >= 15 is 0 Å². The van der Waals surface area contributed by atoms with E-state index in [9.17, 15) is 18.8 Å². The lowest BCUT2D eigenvalue weighted by Crippen LogP contribution is -2.43. The van der Waals surface area contributed by atoms with Gasteiger partial charge in [-0.2, -0.15) is 5.10 Å². The summed E-state index contributed by atoms with van der Waals surface area (Å²) in [6.45, 7) is 2.56. The average Bonchev–Trinajstić information content (AvgIpc) is 3.18. The molecule has 2 aliphatic rings. The molecule has 11 heteroatoms. The Balaban J connectivity index is 1.45. The van der Waals surface area contributed by atoms with Crippen molar-refractivity contribution in [3.8, 4) is 11.1 Å². The minimum atomic E-state index is -0.575. The molecule has 0 unspecified atom stereocenters. The number of ketones is 1. The van der Waals surface area contributed by atoms with Crippen LogP contribution >= 0.6 is 0 Å². The fraction of sp³-hybridized carbons (Fsp3) is 0.318. The molecule has 1 aromatic heterocycles. The van der Waals surface area contributed by atoms with Gasteiger partial charge in [0.1, 0.15) is 29.9 Å². The highest BCUT2D eigenvalue weighted by atomic mass is 19.1. The number of rotatable bonds is 6. The summed E-state index contributed by atoms with van der Waals surface area (Å²) < 4.78 is 20.2. The zero-order valence-electron chi connectivity index (χ0n) is 18.0. The van der Waals surface area contributed by atoms with Crippen LogP contribution in [0.1, 0.15) is 19.8 Å². The van der Waals surface area contributed by atoms with Crippen molar-refractivity contribution in [2.75, 3.05) is 29.5 Å². The zero-order valence-corrected chi connectivity index (χ0v) is 18.0. The van der Waals surface area contributed by atoms with Crippen LogP contribution in [0, 0.1) is 5.82 Å². The van der Waals surface area contributed by atoms with E-state index in [1.807, 2.05) is 0 Å². The van der Waals surface area contributed by atoms with Crippen molar-refractivity contribution < 1.29 is 23.5 Å². The Morgan fingerprint density at radius 1 is 1.24 bits per heavy atom. The second-order valence-corrected chi connectivity index (χ2v) is 7.81. The number of urea groups is 1. The topological polar surface area (TPSA) is 121 Å². The molecule has 0 aliphatic carbocycles. The second kappa shape index (κ2) is 9.23. The van der Waals surface area contributed by atoms with Crippen LogP contribution in [0.15, 0.2) is 41.6 Å². The Bertz CT molecular complexity index is 1110. The summed E-state index contributed by atoms with van der Waals surface area (Å²) in [5.74, 6) is 0.0712. The molecule has 3 amide bonds. The van der Waals surface area contributed by atoms with Crippen LogP contribution in [0.5, 0.6) is 0 Å². The van der Waals surface area contributed by atoms with Crippen molar-refractivity contribution in [3.05, 3.63) is 42.3 Å². The molecule has 0 spiro atoms. The number of Topliss-reactive ketones (excluding diaryl/α,β-unsaturated/α-hetero) is 1. The first-order valence-corrected chi connectivity index (χ1v) is 10.4. The second-order valence-electron chi connectivity index (χ2n) is 7.81. The fourth-order valence-electron chi connectivity index (χ4n) is 3.63. The highest BCUT2D eigenvalue weighted by molar-refractivity contribution is 5.90. The van der Waals surface area contributed by atoms with Gasteiger partial charge in [0.2, 0.25) is 0 Å². The number of cyclic esters (lactones) is 1. The molecule has 10 nitrogen and oxygen atoms in total. The maximum absolute atomic E-state index is 14.9. The molecule has 172 valence electrons. The SMILES string of the molecule is CC(=O)CC[C@H]1CN(c2ccc(-c3ccc(N4CCN(C(N)=O)C=N4)nc3)c(F)c2)C(=O)O1. The molecule has 0 saturated carbocycles. The molecule has 2 aliphatic heterocycles. The van der Waals surface area contributed by atoms with Crippen LogP contribution < -0.4 is 15.6 Å². The summed E-state index contributed by atoms with van der Waals surface area (Å²) in [5, 5.41) is 5.76. The minimum absolute atomic E-state index is 0.0271. The third-order valence-corrected chi connectivity index (χ3v) is 5.45. The van der Waals surface area contributed by atoms with Gasteiger partial charge in [-0.3, -0.25) is 9.80 Å². The summed E-state index contributed by atoms with van der Waals surface area (Å²) in [4.78, 5) is 41.5. The number of halogens is 1. The lowest BCUT2D eigenvalue weighted by Gasteiger charge is -2.26. The molecule has 0 bridgehead atoms. The number of hydrogen-bond acceptors (Lipinski definition) is 7. The summed E-state index contributed by atoms with van der Waals surface area (Å²) >= 11 is 0. The Kier molecular flexibility index (Phi) is 6.20. The highest BCUT2D eigenvalue weighted by Crippen LogP contribution is 2.30. The smallest absolute Gasteiger partial charge is 0.414 e. The number of pyridine rings is 1. The van der Waals surface area contributed by atoms with Crippen molar-refractivity contribution in [1.82, 2.24) is 9.88 Å². The van der Waals surface area contributed by atoms with E-state index in [1.165, 1.54) is 35.3 Å². The average molecular weight is 454 g/mol. The first kappa shape index (κ1) is 22.2. The molecule has 4 rings (SSSR count). The molecule has 0 radical (unpaired) electrons. The standard InChI is InChI=1S/C22H23FN6O4/c1-14(30)2-5-17-12-28(22(32)33-17)16-4-6-18(19(23)10-16)15-3-7-20(25-11-15)29-9-8-27(13-26-29)21(24)31/h3-4,6-7,10-11,13,17H,2,5,8-9,12H2,1H3,(H2,24,31)/t17-/m0/s1. The minimum Gasteiger partial charge on any atom is -0.444 e. The van der Waals surface area contributed by atoms with E-state index in [4.69, 9.17) is 10.5 Å². The Labute approximate surface area is 189 Å². The number of nitrogens with two attached hydrogens (primary N) is 1. The van der Waals surface area contributed by atoms with Gasteiger partial charge in [0.25, 0.3) is 0 Å². The lowest BCUT2D eigenvalue weighted by atomic mass is 10.1.